The second kappa shape index (κ2) is 13.1. The van der Waals surface area contributed by atoms with Gasteiger partial charge in [-0.2, -0.15) is 13.2 Å². The Kier molecular flexibility index (Phi) is 10.9. The first-order valence-electron chi connectivity index (χ1n) is 9.68. The van der Waals surface area contributed by atoms with Crippen molar-refractivity contribution < 1.29 is 47.3 Å². The first kappa shape index (κ1) is 28.3. The van der Waals surface area contributed by atoms with Crippen LogP contribution in [0.4, 0.5) is 13.2 Å². The number of methoxy groups -OCH3 is 1. The minimum atomic E-state index is -5.08. The number of hydrogen-bond donors (Lipinski definition) is 5. The summed E-state index contributed by atoms with van der Waals surface area (Å²) in [6, 6.07) is 11.4. The number of aliphatic carboxylic acids is 2. The normalized spacial score (nSPS) is 12.6. The fraction of sp³-hybridized carbons (Fsp3) is 0.333. The fourth-order valence-electron chi connectivity index (χ4n) is 2.66. The topological polar surface area (TPSA) is 168 Å². The fourth-order valence-corrected chi connectivity index (χ4v) is 2.66. The van der Waals surface area contributed by atoms with Gasteiger partial charge in [0, 0.05) is 13.7 Å². The Balaban J connectivity index is 0.000000718. The maximum absolute atomic E-state index is 12.5. The number of rotatable bonds is 9. The van der Waals surface area contributed by atoms with Gasteiger partial charge in [-0.3, -0.25) is 14.4 Å². The molecule has 0 spiro atoms. The van der Waals surface area contributed by atoms with Crippen LogP contribution in [0.2, 0.25) is 0 Å². The summed E-state index contributed by atoms with van der Waals surface area (Å²) < 4.78 is 36.7. The van der Waals surface area contributed by atoms with Gasteiger partial charge in [0.2, 0.25) is 11.8 Å². The van der Waals surface area contributed by atoms with Crippen molar-refractivity contribution in [1.82, 2.24) is 10.6 Å². The van der Waals surface area contributed by atoms with Gasteiger partial charge in [0.05, 0.1) is 19.1 Å². The summed E-state index contributed by atoms with van der Waals surface area (Å²) in [4.78, 5) is 44.0. The number of halogens is 3. The van der Waals surface area contributed by atoms with Crippen molar-refractivity contribution in [2.24, 2.45) is 5.73 Å². The summed E-state index contributed by atoms with van der Waals surface area (Å²) in [6.07, 6.45) is -5.61. The molecular formula is C21H24F3N3O7. The molecule has 34 heavy (non-hydrogen) atoms. The van der Waals surface area contributed by atoms with Crippen LogP contribution in [0.5, 0.6) is 0 Å². The molecule has 0 saturated heterocycles. The minimum absolute atomic E-state index is 0.0626. The lowest BCUT2D eigenvalue weighted by molar-refractivity contribution is -0.192. The molecule has 2 amide bonds. The molecule has 0 aromatic heterocycles. The predicted molar refractivity (Wildman–Crippen MR) is 114 cm³/mol. The molecule has 0 radical (unpaired) electrons. The Morgan fingerprint density at radius 1 is 1.03 bits per heavy atom. The Morgan fingerprint density at radius 2 is 1.62 bits per heavy atom. The van der Waals surface area contributed by atoms with Crippen LogP contribution < -0.4 is 16.4 Å². The van der Waals surface area contributed by atoms with Crippen LogP contribution in [0.1, 0.15) is 12.0 Å². The van der Waals surface area contributed by atoms with Crippen molar-refractivity contribution in [2.45, 2.75) is 31.2 Å². The molecule has 0 saturated carbocycles. The van der Waals surface area contributed by atoms with E-state index in [0.29, 0.717) is 0 Å². The molecule has 0 bridgehead atoms. The van der Waals surface area contributed by atoms with Gasteiger partial charge in [0.25, 0.3) is 0 Å². The molecule has 0 aliphatic heterocycles. The molecule has 0 fully saturated rings. The number of amides is 2. The van der Waals surface area contributed by atoms with Gasteiger partial charge in [0.15, 0.2) is 0 Å². The average Bonchev–Trinajstić information content (AvgIpc) is 2.76. The number of hydrogen-bond acceptors (Lipinski definition) is 6. The third-order valence-electron chi connectivity index (χ3n) is 4.27. The van der Waals surface area contributed by atoms with Gasteiger partial charge >= 0.3 is 18.1 Å². The van der Waals surface area contributed by atoms with Gasteiger partial charge < -0.3 is 31.3 Å². The Bertz CT molecular complexity index is 1010. The van der Waals surface area contributed by atoms with Gasteiger partial charge in [-0.1, -0.05) is 42.5 Å². The lowest BCUT2D eigenvalue weighted by Crippen LogP contribution is -2.53. The smallest absolute Gasteiger partial charge is 0.481 e. The maximum Gasteiger partial charge on any atom is 0.490 e. The number of carboxylic acid groups (broad SMARTS) is 2. The largest absolute Gasteiger partial charge is 0.490 e. The van der Waals surface area contributed by atoms with Gasteiger partial charge in [0.1, 0.15) is 6.04 Å². The molecule has 0 aliphatic carbocycles. The zero-order valence-corrected chi connectivity index (χ0v) is 18.0. The number of nitrogens with two attached hydrogens (primary N) is 1. The van der Waals surface area contributed by atoms with E-state index in [1.54, 1.807) is 0 Å². The highest BCUT2D eigenvalue weighted by molar-refractivity contribution is 5.92. The molecule has 2 aromatic rings. The molecular weight excluding hydrogens is 463 g/mol. The number of ether oxygens (including phenoxy) is 1. The van der Waals surface area contributed by atoms with Crippen molar-refractivity contribution in [2.75, 3.05) is 13.7 Å². The standard InChI is InChI=1S/C19H23N3O5.C2HF3O2/c1-27-11-16(22-18(25)15(20)9-17(23)24)19(26)21-10-13-7-4-6-12-5-2-3-8-14(12)13;3-2(4,5)1(6)7/h2-8,15-16H,9-11,20H2,1H3,(H,21,26)(H,22,25)(H,23,24);(H,6,7)/t15-,16-;/m0./s1. The van der Waals surface area contributed by atoms with Crippen molar-refractivity contribution in [3.63, 3.8) is 0 Å². The Morgan fingerprint density at radius 3 is 2.18 bits per heavy atom. The van der Waals surface area contributed by atoms with Crippen molar-refractivity contribution in [1.29, 1.82) is 0 Å². The number of fused-ring (bicyclic) bond motifs is 1. The maximum atomic E-state index is 12.5. The summed E-state index contributed by atoms with van der Waals surface area (Å²) in [5.41, 5.74) is 6.46. The summed E-state index contributed by atoms with van der Waals surface area (Å²) >= 11 is 0. The Labute approximate surface area is 191 Å². The molecule has 186 valence electrons. The third kappa shape index (κ3) is 9.42. The molecule has 2 atom stereocenters. The van der Waals surface area contributed by atoms with Crippen LogP contribution in [-0.2, 0) is 30.5 Å². The molecule has 10 nitrogen and oxygen atoms in total. The van der Waals surface area contributed by atoms with Crippen LogP contribution in [0.3, 0.4) is 0 Å². The summed E-state index contributed by atoms with van der Waals surface area (Å²) in [5.74, 6) is -5.12. The predicted octanol–water partition coefficient (Wildman–Crippen LogP) is 1.02. The molecule has 13 heteroatoms. The monoisotopic (exact) mass is 487 g/mol. The van der Waals surface area contributed by atoms with Crippen LogP contribution in [0, 0.1) is 0 Å². The van der Waals surface area contributed by atoms with E-state index in [9.17, 15) is 27.6 Å². The van der Waals surface area contributed by atoms with Crippen molar-refractivity contribution in [3.05, 3.63) is 48.0 Å². The number of carboxylic acids is 2. The number of nitrogens with one attached hydrogen (secondary N) is 2. The van der Waals surface area contributed by atoms with E-state index in [-0.39, 0.29) is 13.2 Å². The zero-order chi connectivity index (χ0) is 25.9. The van der Waals surface area contributed by atoms with E-state index in [1.165, 1.54) is 7.11 Å². The number of benzene rings is 2. The second-order valence-electron chi connectivity index (χ2n) is 6.88. The quantitative estimate of drug-likeness (QED) is 0.349. The van der Waals surface area contributed by atoms with E-state index in [1.807, 2.05) is 42.5 Å². The van der Waals surface area contributed by atoms with E-state index in [2.05, 4.69) is 10.6 Å². The van der Waals surface area contributed by atoms with E-state index < -0.39 is 48.4 Å². The minimum Gasteiger partial charge on any atom is -0.481 e. The third-order valence-corrected chi connectivity index (χ3v) is 4.27. The summed E-state index contributed by atoms with van der Waals surface area (Å²) in [7, 11) is 1.40. The van der Waals surface area contributed by atoms with Crippen LogP contribution >= 0.6 is 0 Å². The summed E-state index contributed by atoms with van der Waals surface area (Å²) in [5, 5.41) is 23.1. The van der Waals surface area contributed by atoms with Gasteiger partial charge in [-0.05, 0) is 16.3 Å². The molecule has 0 unspecified atom stereocenters. The zero-order valence-electron chi connectivity index (χ0n) is 18.0. The van der Waals surface area contributed by atoms with Crippen molar-refractivity contribution >= 4 is 34.5 Å². The van der Waals surface area contributed by atoms with E-state index >= 15 is 0 Å². The molecule has 2 aromatic carbocycles. The number of carbonyl (C=O) groups excluding carboxylic acids is 2. The van der Waals surface area contributed by atoms with Crippen LogP contribution in [-0.4, -0.2) is 65.9 Å². The summed E-state index contributed by atoms with van der Waals surface area (Å²) in [6.45, 7) is 0.213. The lowest BCUT2D eigenvalue weighted by atomic mass is 10.0. The lowest BCUT2D eigenvalue weighted by Gasteiger charge is -2.20. The van der Waals surface area contributed by atoms with E-state index in [0.717, 1.165) is 16.3 Å². The van der Waals surface area contributed by atoms with Crippen LogP contribution in [0.25, 0.3) is 10.8 Å². The second-order valence-corrected chi connectivity index (χ2v) is 6.88. The first-order chi connectivity index (χ1) is 15.9. The molecule has 0 aliphatic rings. The van der Waals surface area contributed by atoms with Crippen LogP contribution in [0.15, 0.2) is 42.5 Å². The van der Waals surface area contributed by atoms with E-state index in [4.69, 9.17) is 25.5 Å². The Hall–Kier alpha value is -3.71. The first-order valence-corrected chi connectivity index (χ1v) is 9.68. The SMILES string of the molecule is COC[C@H](NC(=O)[C@@H](N)CC(=O)O)C(=O)NCc1cccc2ccccc12.O=C(O)C(F)(F)F. The molecule has 6 N–H and O–H groups in total. The van der Waals surface area contributed by atoms with Gasteiger partial charge in [-0.15, -0.1) is 0 Å². The highest BCUT2D eigenvalue weighted by Gasteiger charge is 2.38. The average molecular weight is 487 g/mol. The van der Waals surface area contributed by atoms with Crippen molar-refractivity contribution in [3.8, 4) is 0 Å². The van der Waals surface area contributed by atoms with Gasteiger partial charge in [-0.25, -0.2) is 4.79 Å². The number of carbonyl (C=O) groups is 4. The molecule has 0 heterocycles. The number of alkyl halides is 3. The molecule has 2 rings (SSSR count). The highest BCUT2D eigenvalue weighted by Crippen LogP contribution is 2.18. The highest BCUT2D eigenvalue weighted by atomic mass is 19.4.